The van der Waals surface area contributed by atoms with Crippen molar-refractivity contribution in [3.63, 3.8) is 0 Å². The fourth-order valence-corrected chi connectivity index (χ4v) is 4.02. The number of sulfonamides is 1. The smallest absolute Gasteiger partial charge is 0.337 e. The van der Waals surface area contributed by atoms with Crippen LogP contribution in [-0.2, 0) is 19.6 Å². The van der Waals surface area contributed by atoms with Crippen LogP contribution in [0.5, 0.6) is 0 Å². The zero-order chi connectivity index (χ0) is 18.7. The standard InChI is InChI=1S/C16H23NO6S/c1-10-8-12(15(20)23-5)9-13(11(10)2)24(21,22)17-16(3,4)7-6-14(18)19/h8-9,17H,6-7H2,1-5H3,(H,18,19). The normalized spacial score (nSPS) is 12.0. The van der Waals surface area contributed by atoms with Gasteiger partial charge in [0, 0.05) is 12.0 Å². The Kier molecular flexibility index (Phi) is 6.13. The van der Waals surface area contributed by atoms with E-state index in [0.717, 1.165) is 0 Å². The Morgan fingerprint density at radius 2 is 1.83 bits per heavy atom. The Morgan fingerprint density at radius 1 is 1.25 bits per heavy atom. The van der Waals surface area contributed by atoms with Crippen LogP contribution in [0, 0.1) is 13.8 Å². The second-order valence-corrected chi connectivity index (χ2v) is 7.94. The third-order valence-electron chi connectivity index (χ3n) is 3.70. The molecule has 0 radical (unpaired) electrons. The molecule has 0 spiro atoms. The van der Waals surface area contributed by atoms with Gasteiger partial charge in [0.15, 0.2) is 0 Å². The summed E-state index contributed by atoms with van der Waals surface area (Å²) in [5, 5.41) is 8.77. The van der Waals surface area contributed by atoms with Crippen molar-refractivity contribution in [2.24, 2.45) is 0 Å². The zero-order valence-electron chi connectivity index (χ0n) is 14.5. The van der Waals surface area contributed by atoms with Crippen molar-refractivity contribution in [2.45, 2.75) is 51.0 Å². The van der Waals surface area contributed by atoms with E-state index in [9.17, 15) is 18.0 Å². The quantitative estimate of drug-likeness (QED) is 0.722. The van der Waals surface area contributed by atoms with Gasteiger partial charge in [-0.2, -0.15) is 0 Å². The first kappa shape index (κ1) is 20.1. The Balaban J connectivity index is 3.25. The first-order valence-corrected chi connectivity index (χ1v) is 8.83. The molecule has 0 saturated carbocycles. The number of methoxy groups -OCH3 is 1. The number of carboxylic acid groups (broad SMARTS) is 1. The molecule has 0 aromatic heterocycles. The van der Waals surface area contributed by atoms with Crippen molar-refractivity contribution in [1.82, 2.24) is 4.72 Å². The van der Waals surface area contributed by atoms with Crippen LogP contribution in [0.15, 0.2) is 17.0 Å². The number of esters is 1. The average Bonchev–Trinajstić information content (AvgIpc) is 2.45. The summed E-state index contributed by atoms with van der Waals surface area (Å²) >= 11 is 0. The lowest BCUT2D eigenvalue weighted by atomic mass is 10.0. The molecule has 0 saturated heterocycles. The van der Waals surface area contributed by atoms with Crippen LogP contribution in [0.25, 0.3) is 0 Å². The summed E-state index contributed by atoms with van der Waals surface area (Å²) in [4.78, 5) is 22.4. The van der Waals surface area contributed by atoms with Crippen LogP contribution in [0.1, 0.15) is 48.2 Å². The minimum atomic E-state index is -3.93. The fourth-order valence-electron chi connectivity index (χ4n) is 2.23. The number of hydrogen-bond donors (Lipinski definition) is 2. The molecular formula is C16H23NO6S. The minimum Gasteiger partial charge on any atom is -0.481 e. The molecule has 0 aliphatic carbocycles. The largest absolute Gasteiger partial charge is 0.481 e. The van der Waals surface area contributed by atoms with Gasteiger partial charge in [0.05, 0.1) is 17.6 Å². The first-order chi connectivity index (χ1) is 10.9. The van der Waals surface area contributed by atoms with Crippen LogP contribution in [0.4, 0.5) is 0 Å². The Labute approximate surface area is 142 Å². The highest BCUT2D eigenvalue weighted by molar-refractivity contribution is 7.89. The molecule has 1 aromatic rings. The number of ether oxygens (including phenoxy) is 1. The highest BCUT2D eigenvalue weighted by atomic mass is 32.2. The van der Waals surface area contributed by atoms with Crippen LogP contribution in [0.2, 0.25) is 0 Å². The SMILES string of the molecule is COC(=O)c1cc(C)c(C)c(S(=O)(=O)NC(C)(C)CCC(=O)O)c1. The lowest BCUT2D eigenvalue weighted by Gasteiger charge is -2.26. The Bertz CT molecular complexity index is 752. The molecule has 134 valence electrons. The molecule has 0 fully saturated rings. The van der Waals surface area contributed by atoms with E-state index in [1.54, 1.807) is 33.8 Å². The molecule has 2 N–H and O–H groups in total. The highest BCUT2D eigenvalue weighted by Gasteiger charge is 2.29. The van der Waals surface area contributed by atoms with Gasteiger partial charge in [-0.3, -0.25) is 4.79 Å². The van der Waals surface area contributed by atoms with Crippen molar-refractivity contribution in [2.75, 3.05) is 7.11 Å². The molecule has 7 nitrogen and oxygen atoms in total. The van der Waals surface area contributed by atoms with E-state index >= 15 is 0 Å². The lowest BCUT2D eigenvalue weighted by molar-refractivity contribution is -0.137. The van der Waals surface area contributed by atoms with Crippen molar-refractivity contribution in [1.29, 1.82) is 0 Å². The van der Waals surface area contributed by atoms with Crippen LogP contribution >= 0.6 is 0 Å². The number of carbonyl (C=O) groups is 2. The minimum absolute atomic E-state index is 0.0219. The van der Waals surface area contributed by atoms with Crippen LogP contribution in [-0.4, -0.2) is 38.1 Å². The maximum absolute atomic E-state index is 12.7. The number of carbonyl (C=O) groups excluding carboxylic acids is 1. The number of aryl methyl sites for hydroxylation is 1. The van der Waals surface area contributed by atoms with Gasteiger partial charge in [0.2, 0.25) is 10.0 Å². The van der Waals surface area contributed by atoms with Crippen LogP contribution < -0.4 is 4.72 Å². The van der Waals surface area contributed by atoms with Gasteiger partial charge in [-0.15, -0.1) is 0 Å². The van der Waals surface area contributed by atoms with Crippen molar-refractivity contribution >= 4 is 22.0 Å². The summed E-state index contributed by atoms with van der Waals surface area (Å²) in [6.07, 6.45) is -0.0218. The molecule has 1 rings (SSSR count). The van der Waals surface area contributed by atoms with E-state index in [1.165, 1.54) is 13.2 Å². The molecule has 0 heterocycles. The molecule has 24 heavy (non-hydrogen) atoms. The van der Waals surface area contributed by atoms with Crippen molar-refractivity contribution in [3.8, 4) is 0 Å². The van der Waals surface area contributed by atoms with E-state index in [1.807, 2.05) is 0 Å². The van der Waals surface area contributed by atoms with E-state index in [-0.39, 0.29) is 23.3 Å². The number of rotatable bonds is 7. The van der Waals surface area contributed by atoms with E-state index in [2.05, 4.69) is 9.46 Å². The van der Waals surface area contributed by atoms with Crippen LogP contribution in [0.3, 0.4) is 0 Å². The summed E-state index contributed by atoms with van der Waals surface area (Å²) in [5.74, 6) is -1.62. The van der Waals surface area contributed by atoms with Gasteiger partial charge >= 0.3 is 11.9 Å². The lowest BCUT2D eigenvalue weighted by Crippen LogP contribution is -2.43. The van der Waals surface area contributed by atoms with Gasteiger partial charge in [-0.05, 0) is 57.4 Å². The maximum atomic E-state index is 12.7. The average molecular weight is 357 g/mol. The van der Waals surface area contributed by atoms with E-state index in [0.29, 0.717) is 11.1 Å². The summed E-state index contributed by atoms with van der Waals surface area (Å²) in [6, 6.07) is 2.83. The predicted octanol–water partition coefficient (Wildman–Crippen LogP) is 2.01. The fraction of sp³-hybridized carbons (Fsp3) is 0.500. The summed E-state index contributed by atoms with van der Waals surface area (Å²) in [7, 11) is -2.71. The number of nitrogens with one attached hydrogen (secondary N) is 1. The monoisotopic (exact) mass is 357 g/mol. The predicted molar refractivity (Wildman–Crippen MR) is 88.5 cm³/mol. The number of hydrogen-bond acceptors (Lipinski definition) is 5. The molecule has 8 heteroatoms. The zero-order valence-corrected chi connectivity index (χ0v) is 15.3. The van der Waals surface area contributed by atoms with Gasteiger partial charge in [-0.25, -0.2) is 17.9 Å². The summed E-state index contributed by atoms with van der Waals surface area (Å²) < 4.78 is 32.6. The molecule has 0 bridgehead atoms. The molecular weight excluding hydrogens is 334 g/mol. The maximum Gasteiger partial charge on any atom is 0.337 e. The molecule has 0 atom stereocenters. The van der Waals surface area contributed by atoms with Gasteiger partial charge < -0.3 is 9.84 Å². The molecule has 0 aliphatic rings. The third kappa shape index (κ3) is 5.04. The second kappa shape index (κ2) is 7.31. The van der Waals surface area contributed by atoms with Gasteiger partial charge in [-0.1, -0.05) is 0 Å². The van der Waals surface area contributed by atoms with E-state index < -0.39 is 27.5 Å². The topological polar surface area (TPSA) is 110 Å². The number of benzene rings is 1. The Morgan fingerprint density at radius 3 is 2.33 bits per heavy atom. The summed E-state index contributed by atoms with van der Waals surface area (Å²) in [6.45, 7) is 6.57. The number of carboxylic acids is 1. The number of aliphatic carboxylic acids is 1. The summed E-state index contributed by atoms with van der Waals surface area (Å²) in [5.41, 5.74) is 0.355. The molecule has 1 aromatic carbocycles. The molecule has 0 aliphatic heterocycles. The van der Waals surface area contributed by atoms with Gasteiger partial charge in [0.1, 0.15) is 0 Å². The second-order valence-electron chi connectivity index (χ2n) is 6.29. The third-order valence-corrected chi connectivity index (χ3v) is 5.53. The van der Waals surface area contributed by atoms with Crippen molar-refractivity contribution in [3.05, 3.63) is 28.8 Å². The molecule has 0 amide bonds. The first-order valence-electron chi connectivity index (χ1n) is 7.35. The molecule has 0 unspecified atom stereocenters. The van der Waals surface area contributed by atoms with Gasteiger partial charge in [0.25, 0.3) is 0 Å². The highest BCUT2D eigenvalue weighted by Crippen LogP contribution is 2.24. The van der Waals surface area contributed by atoms with E-state index in [4.69, 9.17) is 5.11 Å². The Hall–Kier alpha value is -1.93. The van der Waals surface area contributed by atoms with Crippen molar-refractivity contribution < 1.29 is 27.9 Å².